The Bertz CT molecular complexity index is 1920. The van der Waals surface area contributed by atoms with Gasteiger partial charge in [-0.3, -0.25) is 9.59 Å². The van der Waals surface area contributed by atoms with Crippen LogP contribution >= 0.6 is 22.6 Å². The molecule has 0 fully saturated rings. The average molecular weight is 910 g/mol. The summed E-state index contributed by atoms with van der Waals surface area (Å²) in [6.45, 7) is 0.166. The normalized spacial score (nSPS) is 11.6. The number of methoxy groups -OCH3 is 3. The Morgan fingerprint density at radius 1 is 0.552 bits per heavy atom. The van der Waals surface area contributed by atoms with Crippen molar-refractivity contribution in [1.82, 2.24) is 16.0 Å². The van der Waals surface area contributed by atoms with Crippen molar-refractivity contribution >= 4 is 52.4 Å². The maximum Gasteiger partial charge on any atom is 0.329 e. The smallest absolute Gasteiger partial charge is 0.329 e. The van der Waals surface area contributed by atoms with Gasteiger partial charge in [-0.1, -0.05) is 36.4 Å². The van der Waals surface area contributed by atoms with E-state index in [9.17, 15) is 24.0 Å². The molecule has 0 radical (unpaired) electrons. The molecule has 0 spiro atoms. The first-order valence-electron chi connectivity index (χ1n) is 18.5. The zero-order valence-corrected chi connectivity index (χ0v) is 34.8. The minimum Gasteiger partial charge on any atom is -0.497 e. The van der Waals surface area contributed by atoms with Crippen molar-refractivity contribution in [3.05, 3.63) is 123 Å². The van der Waals surface area contributed by atoms with Crippen LogP contribution < -0.4 is 30.2 Å². The van der Waals surface area contributed by atoms with Gasteiger partial charge in [-0.05, 0) is 126 Å². The molecule has 15 heteroatoms. The van der Waals surface area contributed by atoms with Crippen LogP contribution in [0.4, 0.5) is 4.79 Å². The zero-order valence-electron chi connectivity index (χ0n) is 32.6. The van der Waals surface area contributed by atoms with Gasteiger partial charge in [0.25, 0.3) is 5.91 Å². The second-order valence-electron chi connectivity index (χ2n) is 12.9. The summed E-state index contributed by atoms with van der Waals surface area (Å²) in [5.41, 5.74) is 2.64. The molecule has 0 aliphatic carbocycles. The molecule has 2 atom stereocenters. The SMILES string of the molecule is COc1ccc(COC(=O)CC[C@H](NC(=O)N[C@@H](CCCCNC(=O)c2ccc(I)cc2)C(=O)OCc2ccc(OC)cc2)C(=O)OCc2ccc(OC)cc2)cc1. The molecule has 0 unspecified atom stereocenters. The molecule has 4 aromatic carbocycles. The monoisotopic (exact) mass is 909 g/mol. The summed E-state index contributed by atoms with van der Waals surface area (Å²) in [5.74, 6) is -0.387. The van der Waals surface area contributed by atoms with Crippen molar-refractivity contribution in [3.8, 4) is 17.2 Å². The van der Waals surface area contributed by atoms with E-state index in [0.717, 1.165) is 9.13 Å². The molecule has 0 heterocycles. The van der Waals surface area contributed by atoms with Crippen LogP contribution in [-0.2, 0) is 48.4 Å². The lowest BCUT2D eigenvalue weighted by Gasteiger charge is -2.21. The topological polar surface area (TPSA) is 177 Å². The molecule has 0 aliphatic heterocycles. The molecule has 0 saturated carbocycles. The van der Waals surface area contributed by atoms with Crippen molar-refractivity contribution in [2.24, 2.45) is 0 Å². The molecule has 4 aromatic rings. The van der Waals surface area contributed by atoms with E-state index in [1.54, 1.807) is 99.1 Å². The van der Waals surface area contributed by atoms with Crippen molar-refractivity contribution < 1.29 is 52.4 Å². The van der Waals surface area contributed by atoms with Crippen LogP contribution in [0.1, 0.15) is 59.2 Å². The third kappa shape index (κ3) is 15.6. The standard InChI is InChI=1S/C43H48IN3O11/c1-53-34-17-7-29(8-18-34)26-56-39(48)24-23-38(42(51)58-28-31-11-21-36(55-3)22-12-31)47-43(52)46-37(41(50)57-27-30-9-19-35(54-2)20-10-30)6-4-5-25-45-40(49)32-13-15-33(44)16-14-32/h7-22,37-38H,4-6,23-28H2,1-3H3,(H,45,49)(H2,46,47,52)/t37-,38-/m0/s1. The van der Waals surface area contributed by atoms with Gasteiger partial charge >= 0.3 is 23.9 Å². The lowest BCUT2D eigenvalue weighted by atomic mass is 10.1. The van der Waals surface area contributed by atoms with Crippen molar-refractivity contribution in [3.63, 3.8) is 0 Å². The predicted molar refractivity (Wildman–Crippen MR) is 222 cm³/mol. The van der Waals surface area contributed by atoms with Gasteiger partial charge in [0.15, 0.2) is 0 Å². The number of amides is 3. The van der Waals surface area contributed by atoms with Gasteiger partial charge in [0.2, 0.25) is 0 Å². The number of esters is 3. The molecule has 308 valence electrons. The van der Waals surface area contributed by atoms with Crippen molar-refractivity contribution in [2.45, 2.75) is 64.0 Å². The summed E-state index contributed by atoms with van der Waals surface area (Å²) in [4.78, 5) is 65.6. The molecule has 14 nitrogen and oxygen atoms in total. The van der Waals surface area contributed by atoms with Gasteiger partial charge in [-0.15, -0.1) is 0 Å². The molecule has 0 saturated heterocycles. The minimum atomic E-state index is -1.28. The van der Waals surface area contributed by atoms with Gasteiger partial charge in [0, 0.05) is 22.1 Å². The molecular formula is C43H48IN3O11. The average Bonchev–Trinajstić information content (AvgIpc) is 3.25. The highest BCUT2D eigenvalue weighted by Crippen LogP contribution is 2.16. The summed E-state index contributed by atoms with van der Waals surface area (Å²) in [7, 11) is 4.64. The lowest BCUT2D eigenvalue weighted by molar-refractivity contribution is -0.149. The maximum atomic E-state index is 13.5. The van der Waals surface area contributed by atoms with E-state index in [2.05, 4.69) is 38.5 Å². The Kier molecular flexibility index (Phi) is 18.6. The van der Waals surface area contributed by atoms with Crippen LogP contribution in [0.15, 0.2) is 97.1 Å². The highest BCUT2D eigenvalue weighted by molar-refractivity contribution is 14.1. The van der Waals surface area contributed by atoms with Gasteiger partial charge in [0.05, 0.1) is 21.3 Å². The van der Waals surface area contributed by atoms with E-state index in [-0.39, 0.29) is 45.0 Å². The second kappa shape index (κ2) is 24.0. The molecule has 0 aliphatic rings. The Balaban J connectivity index is 1.39. The van der Waals surface area contributed by atoms with E-state index in [0.29, 0.717) is 53.3 Å². The van der Waals surface area contributed by atoms with E-state index >= 15 is 0 Å². The third-order valence-corrected chi connectivity index (χ3v) is 9.49. The van der Waals surface area contributed by atoms with Crippen LogP contribution in [0.2, 0.25) is 0 Å². The van der Waals surface area contributed by atoms with E-state index in [1.165, 1.54) is 7.11 Å². The summed E-state index contributed by atoms with van der Waals surface area (Å²) >= 11 is 2.16. The van der Waals surface area contributed by atoms with Crippen LogP contribution in [0.5, 0.6) is 17.2 Å². The molecule has 4 rings (SSSR count). The van der Waals surface area contributed by atoms with E-state index in [1.807, 2.05) is 12.1 Å². The second-order valence-corrected chi connectivity index (χ2v) is 14.2. The van der Waals surface area contributed by atoms with Crippen molar-refractivity contribution in [2.75, 3.05) is 27.9 Å². The summed E-state index contributed by atoms with van der Waals surface area (Å²) in [6, 6.07) is 24.8. The number of hydrogen-bond donors (Lipinski definition) is 3. The number of halogens is 1. The molecule has 3 N–H and O–H groups in total. The number of nitrogens with one attached hydrogen (secondary N) is 3. The summed E-state index contributed by atoms with van der Waals surface area (Å²) in [5, 5.41) is 8.08. The molecule has 0 bridgehead atoms. The number of benzene rings is 4. The Morgan fingerprint density at radius 2 is 0.983 bits per heavy atom. The molecule has 58 heavy (non-hydrogen) atoms. The number of carbonyl (C=O) groups is 5. The van der Waals surface area contributed by atoms with Gasteiger partial charge in [-0.25, -0.2) is 14.4 Å². The first kappa shape index (κ1) is 44.9. The lowest BCUT2D eigenvalue weighted by Crippen LogP contribution is -2.51. The Hall–Kier alpha value is -5.84. The Morgan fingerprint density at radius 3 is 1.43 bits per heavy atom. The van der Waals surface area contributed by atoms with Crippen LogP contribution in [0.3, 0.4) is 0 Å². The number of rotatable bonds is 22. The summed E-state index contributed by atoms with van der Waals surface area (Å²) < 4.78 is 33.1. The van der Waals surface area contributed by atoms with E-state index in [4.69, 9.17) is 28.4 Å². The van der Waals surface area contributed by atoms with Crippen molar-refractivity contribution in [1.29, 1.82) is 0 Å². The number of unbranched alkanes of at least 4 members (excludes halogenated alkanes) is 1. The van der Waals surface area contributed by atoms with Gasteiger partial charge in [0.1, 0.15) is 49.2 Å². The quantitative estimate of drug-likeness (QED) is 0.0351. The fourth-order valence-corrected chi connectivity index (χ4v) is 5.77. The van der Waals surface area contributed by atoms with Gasteiger partial charge < -0.3 is 44.4 Å². The van der Waals surface area contributed by atoms with Crippen LogP contribution in [0.25, 0.3) is 0 Å². The first-order chi connectivity index (χ1) is 28.1. The fraction of sp³-hybridized carbons (Fsp3) is 0.326. The predicted octanol–water partition coefficient (Wildman–Crippen LogP) is 6.26. The highest BCUT2D eigenvalue weighted by Gasteiger charge is 2.28. The largest absolute Gasteiger partial charge is 0.497 e. The Labute approximate surface area is 351 Å². The van der Waals surface area contributed by atoms with E-state index < -0.39 is 36.0 Å². The summed E-state index contributed by atoms with van der Waals surface area (Å²) in [6.07, 6.45) is 0.727. The number of carbonyl (C=O) groups excluding carboxylic acids is 5. The number of urea groups is 1. The maximum absolute atomic E-state index is 13.5. The fourth-order valence-electron chi connectivity index (χ4n) is 5.41. The van der Waals surface area contributed by atoms with Crippen LogP contribution in [-0.4, -0.2) is 69.8 Å². The first-order valence-corrected chi connectivity index (χ1v) is 19.6. The molecular weight excluding hydrogens is 861 g/mol. The van der Waals surface area contributed by atoms with Gasteiger partial charge in [-0.2, -0.15) is 0 Å². The third-order valence-electron chi connectivity index (χ3n) is 8.77. The zero-order chi connectivity index (χ0) is 41.7. The number of ether oxygens (including phenoxy) is 6. The molecule has 3 amide bonds. The van der Waals surface area contributed by atoms with Crippen LogP contribution in [0, 0.1) is 3.57 Å². The minimum absolute atomic E-state index is 0.000991. The molecule has 0 aromatic heterocycles. The number of hydrogen-bond acceptors (Lipinski definition) is 11. The highest BCUT2D eigenvalue weighted by atomic mass is 127.